The summed E-state index contributed by atoms with van der Waals surface area (Å²) in [6.07, 6.45) is 13.5. The van der Waals surface area contributed by atoms with Gasteiger partial charge in [-0.2, -0.15) is 0 Å². The first-order valence-electron chi connectivity index (χ1n) is 8.75. The maximum absolute atomic E-state index is 12.4. The molecule has 1 saturated heterocycles. The van der Waals surface area contributed by atoms with Crippen molar-refractivity contribution in [3.05, 3.63) is 23.8 Å². The van der Waals surface area contributed by atoms with Gasteiger partial charge in [0, 0.05) is 12.0 Å². The molecule has 5 unspecified atom stereocenters. The molecule has 114 valence electrons. The highest BCUT2D eigenvalue weighted by Crippen LogP contribution is 2.56. The van der Waals surface area contributed by atoms with Gasteiger partial charge in [0.05, 0.1) is 0 Å². The zero-order chi connectivity index (χ0) is 14.6. The molecule has 1 amide bonds. The van der Waals surface area contributed by atoms with E-state index >= 15 is 0 Å². The molecule has 5 atom stereocenters. The van der Waals surface area contributed by atoms with Gasteiger partial charge in [0.25, 0.3) is 0 Å². The molecule has 4 rings (SSSR count). The summed E-state index contributed by atoms with van der Waals surface area (Å²) in [6, 6.07) is 0. The molecular formula is C19H27NO. The van der Waals surface area contributed by atoms with E-state index in [1.54, 1.807) is 5.57 Å². The second kappa shape index (κ2) is 4.72. The van der Waals surface area contributed by atoms with Crippen LogP contribution >= 0.6 is 0 Å². The van der Waals surface area contributed by atoms with Crippen LogP contribution in [0.4, 0.5) is 0 Å². The highest BCUT2D eigenvalue weighted by molar-refractivity contribution is 5.82. The van der Waals surface area contributed by atoms with E-state index < -0.39 is 0 Å². The van der Waals surface area contributed by atoms with Crippen molar-refractivity contribution in [2.24, 2.45) is 35.0 Å². The summed E-state index contributed by atoms with van der Waals surface area (Å²) in [5, 5.41) is 3.17. The molecule has 0 aromatic carbocycles. The summed E-state index contributed by atoms with van der Waals surface area (Å²) < 4.78 is 0. The molecule has 2 heteroatoms. The van der Waals surface area contributed by atoms with Crippen molar-refractivity contribution in [1.29, 1.82) is 0 Å². The van der Waals surface area contributed by atoms with Crippen LogP contribution in [0.2, 0.25) is 0 Å². The Bertz CT molecular complexity index is 516. The lowest BCUT2D eigenvalue weighted by Crippen LogP contribution is -2.46. The van der Waals surface area contributed by atoms with E-state index in [1.165, 1.54) is 32.1 Å². The van der Waals surface area contributed by atoms with Gasteiger partial charge in [-0.25, -0.2) is 0 Å². The smallest absolute Gasteiger partial charge is 0.225 e. The van der Waals surface area contributed by atoms with Crippen molar-refractivity contribution in [3.8, 4) is 0 Å². The summed E-state index contributed by atoms with van der Waals surface area (Å²) >= 11 is 0. The monoisotopic (exact) mass is 285 g/mol. The molecule has 0 aromatic heterocycles. The SMILES string of the molecule is CC1(C)C(=O)NCCC2C3CCC4C=CC=C4C3CCC21. The van der Waals surface area contributed by atoms with Crippen molar-refractivity contribution in [3.63, 3.8) is 0 Å². The summed E-state index contributed by atoms with van der Waals surface area (Å²) in [5.41, 5.74) is 1.52. The second-order valence-corrected chi connectivity index (χ2v) is 8.12. The van der Waals surface area contributed by atoms with Crippen LogP contribution in [0, 0.1) is 35.0 Å². The topological polar surface area (TPSA) is 29.1 Å². The Balaban J connectivity index is 1.65. The van der Waals surface area contributed by atoms with Crippen LogP contribution in [-0.4, -0.2) is 12.5 Å². The molecular weight excluding hydrogens is 258 g/mol. The Labute approximate surface area is 128 Å². The molecule has 3 aliphatic carbocycles. The molecule has 0 aromatic rings. The molecule has 2 saturated carbocycles. The first-order chi connectivity index (χ1) is 10.1. The van der Waals surface area contributed by atoms with Gasteiger partial charge in [-0.15, -0.1) is 0 Å². The first-order valence-corrected chi connectivity index (χ1v) is 8.75. The van der Waals surface area contributed by atoms with E-state index in [0.29, 0.717) is 5.92 Å². The second-order valence-electron chi connectivity index (χ2n) is 8.12. The Morgan fingerprint density at radius 1 is 1.10 bits per heavy atom. The molecule has 0 radical (unpaired) electrons. The third-order valence-corrected chi connectivity index (χ3v) is 6.95. The Kier molecular flexibility index (Phi) is 3.06. The minimum Gasteiger partial charge on any atom is -0.356 e. The Morgan fingerprint density at radius 3 is 2.81 bits per heavy atom. The fraction of sp³-hybridized carbons (Fsp3) is 0.737. The molecule has 0 spiro atoms. The van der Waals surface area contributed by atoms with Crippen LogP contribution in [0.15, 0.2) is 23.8 Å². The predicted molar refractivity (Wildman–Crippen MR) is 84.5 cm³/mol. The Hall–Kier alpha value is -1.05. The van der Waals surface area contributed by atoms with Crippen molar-refractivity contribution >= 4 is 5.91 Å². The molecule has 2 nitrogen and oxygen atoms in total. The van der Waals surface area contributed by atoms with Crippen LogP contribution in [0.5, 0.6) is 0 Å². The Morgan fingerprint density at radius 2 is 1.95 bits per heavy atom. The normalized spacial score (nSPS) is 44.0. The van der Waals surface area contributed by atoms with Gasteiger partial charge >= 0.3 is 0 Å². The average Bonchev–Trinajstić information content (AvgIpc) is 2.91. The predicted octanol–water partition coefficient (Wildman–Crippen LogP) is 3.70. The number of nitrogens with one attached hydrogen (secondary N) is 1. The van der Waals surface area contributed by atoms with E-state index in [0.717, 1.165) is 30.2 Å². The fourth-order valence-corrected chi connectivity index (χ4v) is 5.84. The van der Waals surface area contributed by atoms with Gasteiger partial charge in [-0.1, -0.05) is 37.6 Å². The van der Waals surface area contributed by atoms with E-state index in [2.05, 4.69) is 37.4 Å². The van der Waals surface area contributed by atoms with Gasteiger partial charge in [-0.05, 0) is 61.7 Å². The third-order valence-electron chi connectivity index (χ3n) is 6.95. The quantitative estimate of drug-likeness (QED) is 0.722. The molecule has 21 heavy (non-hydrogen) atoms. The maximum atomic E-state index is 12.4. The zero-order valence-electron chi connectivity index (χ0n) is 13.3. The number of fused-ring (bicyclic) bond motifs is 5. The maximum Gasteiger partial charge on any atom is 0.225 e. The number of carbonyl (C=O) groups is 1. The summed E-state index contributed by atoms with van der Waals surface area (Å²) in [5.74, 6) is 3.94. The lowest BCUT2D eigenvalue weighted by atomic mass is 9.53. The highest BCUT2D eigenvalue weighted by atomic mass is 16.2. The minimum atomic E-state index is -0.189. The number of rotatable bonds is 0. The van der Waals surface area contributed by atoms with Crippen molar-refractivity contribution in [2.75, 3.05) is 6.54 Å². The number of amides is 1. The van der Waals surface area contributed by atoms with Crippen LogP contribution in [0.1, 0.15) is 46.0 Å². The zero-order valence-corrected chi connectivity index (χ0v) is 13.3. The van der Waals surface area contributed by atoms with Crippen molar-refractivity contribution in [1.82, 2.24) is 5.32 Å². The molecule has 3 fully saturated rings. The number of hydrogen-bond acceptors (Lipinski definition) is 1. The van der Waals surface area contributed by atoms with E-state index in [9.17, 15) is 4.79 Å². The molecule has 0 bridgehead atoms. The van der Waals surface area contributed by atoms with Crippen LogP contribution in [0.25, 0.3) is 0 Å². The molecule has 1 aliphatic heterocycles. The van der Waals surface area contributed by atoms with Gasteiger partial charge in [-0.3, -0.25) is 4.79 Å². The van der Waals surface area contributed by atoms with E-state index in [4.69, 9.17) is 0 Å². The highest BCUT2D eigenvalue weighted by Gasteiger charge is 2.51. The van der Waals surface area contributed by atoms with Crippen LogP contribution in [0.3, 0.4) is 0 Å². The standard InChI is InChI=1S/C19H27NO/c1-19(2)17-9-8-14-13-5-3-4-12(13)6-7-15(14)16(17)10-11-20-18(19)21/h3-5,12,14-17H,6-11H2,1-2H3,(H,20,21). The van der Waals surface area contributed by atoms with Gasteiger partial charge in [0.1, 0.15) is 0 Å². The van der Waals surface area contributed by atoms with E-state index in [-0.39, 0.29) is 11.3 Å². The molecule has 4 aliphatic rings. The summed E-state index contributed by atoms with van der Waals surface area (Å²) in [6.45, 7) is 5.23. The third kappa shape index (κ3) is 1.94. The largest absolute Gasteiger partial charge is 0.356 e. The number of hydrogen-bond donors (Lipinski definition) is 1. The minimum absolute atomic E-state index is 0.189. The fourth-order valence-electron chi connectivity index (χ4n) is 5.84. The van der Waals surface area contributed by atoms with Crippen LogP contribution < -0.4 is 5.32 Å². The molecule has 1 N–H and O–H groups in total. The summed E-state index contributed by atoms with van der Waals surface area (Å²) in [7, 11) is 0. The van der Waals surface area contributed by atoms with Gasteiger partial charge < -0.3 is 5.32 Å². The lowest BCUT2D eigenvalue weighted by molar-refractivity contribution is -0.133. The number of allylic oxidation sites excluding steroid dienone is 4. The van der Waals surface area contributed by atoms with Gasteiger partial charge in [0.15, 0.2) is 0 Å². The van der Waals surface area contributed by atoms with E-state index in [1.807, 2.05) is 0 Å². The van der Waals surface area contributed by atoms with Crippen molar-refractivity contribution in [2.45, 2.75) is 46.0 Å². The molecule has 1 heterocycles. The van der Waals surface area contributed by atoms with Crippen LogP contribution in [-0.2, 0) is 4.79 Å². The van der Waals surface area contributed by atoms with Crippen molar-refractivity contribution < 1.29 is 4.79 Å². The lowest BCUT2D eigenvalue weighted by Gasteiger charge is -2.50. The number of carbonyl (C=O) groups excluding carboxylic acids is 1. The first kappa shape index (κ1) is 13.6. The van der Waals surface area contributed by atoms with Gasteiger partial charge in [0.2, 0.25) is 5.91 Å². The average molecular weight is 285 g/mol. The summed E-state index contributed by atoms with van der Waals surface area (Å²) in [4.78, 5) is 12.4.